The molecule has 1 atom stereocenters. The van der Waals surface area contributed by atoms with Crippen LogP contribution in [0.5, 0.6) is 0 Å². The zero-order valence-corrected chi connectivity index (χ0v) is 14.8. The molecule has 1 aromatic heterocycles. The van der Waals surface area contributed by atoms with Gasteiger partial charge in [0.1, 0.15) is 0 Å². The Labute approximate surface area is 145 Å². The van der Waals surface area contributed by atoms with E-state index in [0.29, 0.717) is 31.7 Å². The van der Waals surface area contributed by atoms with Crippen molar-refractivity contribution in [3.8, 4) is 0 Å². The van der Waals surface area contributed by atoms with Crippen molar-refractivity contribution in [1.29, 1.82) is 0 Å². The lowest BCUT2D eigenvalue weighted by molar-refractivity contribution is -0.134. The highest BCUT2D eigenvalue weighted by Gasteiger charge is 2.25. The molecule has 0 unspecified atom stereocenters. The first-order valence-electron chi connectivity index (χ1n) is 8.02. The van der Waals surface area contributed by atoms with Crippen molar-refractivity contribution in [2.45, 2.75) is 19.9 Å². The Morgan fingerprint density at radius 2 is 1.83 bits per heavy atom. The van der Waals surface area contributed by atoms with Crippen LogP contribution < -0.4 is 11.1 Å². The number of nitrogens with one attached hydrogen (secondary N) is 1. The summed E-state index contributed by atoms with van der Waals surface area (Å²) in [4.78, 5) is 39.6. The Kier molecular flexibility index (Phi) is 6.33. The lowest BCUT2D eigenvalue weighted by atomic mass is 10.1. The number of carbonyl (C=O) groups excluding carboxylic acids is 3. The summed E-state index contributed by atoms with van der Waals surface area (Å²) in [5.74, 6) is -0.446. The van der Waals surface area contributed by atoms with Gasteiger partial charge in [-0.25, -0.2) is 0 Å². The highest BCUT2D eigenvalue weighted by Crippen LogP contribution is 2.12. The van der Waals surface area contributed by atoms with Crippen molar-refractivity contribution in [2.24, 2.45) is 11.7 Å². The van der Waals surface area contributed by atoms with E-state index < -0.39 is 6.04 Å². The van der Waals surface area contributed by atoms with Crippen LogP contribution in [-0.2, 0) is 9.59 Å². The van der Waals surface area contributed by atoms with Crippen LogP contribution >= 0.6 is 11.3 Å². The molecule has 3 N–H and O–H groups in total. The number of amides is 3. The first-order valence-corrected chi connectivity index (χ1v) is 8.97. The van der Waals surface area contributed by atoms with Crippen LogP contribution in [0, 0.1) is 5.92 Å². The molecular weight excluding hydrogens is 328 g/mol. The second-order valence-electron chi connectivity index (χ2n) is 6.17. The molecule has 3 amide bonds. The minimum absolute atomic E-state index is 0.000409. The van der Waals surface area contributed by atoms with Crippen molar-refractivity contribution in [2.75, 3.05) is 32.7 Å². The fourth-order valence-corrected chi connectivity index (χ4v) is 3.05. The lowest BCUT2D eigenvalue weighted by Crippen LogP contribution is -2.53. The molecule has 8 heteroatoms. The quantitative estimate of drug-likeness (QED) is 0.787. The lowest BCUT2D eigenvalue weighted by Gasteiger charge is -2.34. The second kappa shape index (κ2) is 8.25. The highest BCUT2D eigenvalue weighted by atomic mass is 32.1. The Morgan fingerprint density at radius 1 is 1.21 bits per heavy atom. The van der Waals surface area contributed by atoms with Crippen LogP contribution in [0.3, 0.4) is 0 Å². The van der Waals surface area contributed by atoms with Gasteiger partial charge >= 0.3 is 0 Å². The normalized spacial score (nSPS) is 16.2. The summed E-state index contributed by atoms with van der Waals surface area (Å²) in [6.45, 7) is 5.60. The highest BCUT2D eigenvalue weighted by molar-refractivity contribution is 7.08. The van der Waals surface area contributed by atoms with Gasteiger partial charge in [-0.15, -0.1) is 0 Å². The SMILES string of the molecule is CC(C)[C@H](N)C(=O)NCC(=O)N1CCN(C(=O)c2ccsc2)CC1. The minimum Gasteiger partial charge on any atom is -0.346 e. The van der Waals surface area contributed by atoms with Crippen LogP contribution in [-0.4, -0.2) is 66.3 Å². The smallest absolute Gasteiger partial charge is 0.254 e. The zero-order valence-electron chi connectivity index (χ0n) is 14.0. The van der Waals surface area contributed by atoms with Gasteiger partial charge in [0.05, 0.1) is 18.2 Å². The van der Waals surface area contributed by atoms with Gasteiger partial charge in [0.2, 0.25) is 11.8 Å². The zero-order chi connectivity index (χ0) is 17.7. The van der Waals surface area contributed by atoms with Gasteiger partial charge in [0, 0.05) is 31.6 Å². The van der Waals surface area contributed by atoms with Crippen molar-refractivity contribution < 1.29 is 14.4 Å². The summed E-state index contributed by atoms with van der Waals surface area (Å²) >= 11 is 1.49. The molecule has 0 aliphatic carbocycles. The molecular formula is C16H24N4O3S. The fraction of sp³-hybridized carbons (Fsp3) is 0.562. The molecule has 0 bridgehead atoms. The fourth-order valence-electron chi connectivity index (χ4n) is 2.42. The molecule has 1 aliphatic rings. The average molecular weight is 352 g/mol. The number of thiophene rings is 1. The van der Waals surface area contributed by atoms with E-state index in [1.54, 1.807) is 15.9 Å². The largest absolute Gasteiger partial charge is 0.346 e. The average Bonchev–Trinajstić information content (AvgIpc) is 3.12. The summed E-state index contributed by atoms with van der Waals surface area (Å²) in [6.07, 6.45) is 0. The molecule has 132 valence electrons. The van der Waals surface area contributed by atoms with Crippen molar-refractivity contribution >= 4 is 29.1 Å². The van der Waals surface area contributed by atoms with E-state index in [-0.39, 0.29) is 30.2 Å². The molecule has 1 fully saturated rings. The topological polar surface area (TPSA) is 95.7 Å². The summed E-state index contributed by atoms with van der Waals surface area (Å²) in [6, 6.07) is 1.19. The van der Waals surface area contributed by atoms with Gasteiger partial charge in [-0.2, -0.15) is 11.3 Å². The van der Waals surface area contributed by atoms with Gasteiger partial charge in [-0.1, -0.05) is 13.8 Å². The Morgan fingerprint density at radius 3 is 2.38 bits per heavy atom. The maximum absolute atomic E-state index is 12.2. The summed E-state index contributed by atoms with van der Waals surface area (Å²) in [5, 5.41) is 6.28. The summed E-state index contributed by atoms with van der Waals surface area (Å²) < 4.78 is 0. The number of nitrogens with zero attached hydrogens (tertiary/aromatic N) is 2. The monoisotopic (exact) mass is 352 g/mol. The van der Waals surface area contributed by atoms with Gasteiger partial charge in [-0.3, -0.25) is 14.4 Å². The third kappa shape index (κ3) is 4.55. The third-order valence-electron chi connectivity index (χ3n) is 4.12. The Balaban J connectivity index is 1.76. The molecule has 2 rings (SSSR count). The van der Waals surface area contributed by atoms with E-state index in [1.807, 2.05) is 24.6 Å². The molecule has 1 aliphatic heterocycles. The molecule has 0 spiro atoms. The van der Waals surface area contributed by atoms with Crippen LogP contribution in [0.25, 0.3) is 0 Å². The first-order chi connectivity index (χ1) is 11.4. The summed E-state index contributed by atoms with van der Waals surface area (Å²) in [7, 11) is 0. The number of piperazine rings is 1. The second-order valence-corrected chi connectivity index (χ2v) is 6.95. The van der Waals surface area contributed by atoms with E-state index in [9.17, 15) is 14.4 Å². The molecule has 24 heavy (non-hydrogen) atoms. The third-order valence-corrected chi connectivity index (χ3v) is 4.81. The maximum Gasteiger partial charge on any atom is 0.254 e. The van der Waals surface area contributed by atoms with E-state index in [1.165, 1.54) is 11.3 Å². The molecule has 1 saturated heterocycles. The van der Waals surface area contributed by atoms with E-state index in [2.05, 4.69) is 5.32 Å². The summed E-state index contributed by atoms with van der Waals surface area (Å²) in [5.41, 5.74) is 6.43. The molecule has 1 aromatic rings. The minimum atomic E-state index is -0.613. The molecule has 0 radical (unpaired) electrons. The van der Waals surface area contributed by atoms with Crippen LogP contribution in [0.1, 0.15) is 24.2 Å². The maximum atomic E-state index is 12.2. The van der Waals surface area contributed by atoms with E-state index >= 15 is 0 Å². The number of hydrogen-bond acceptors (Lipinski definition) is 5. The number of rotatable bonds is 5. The van der Waals surface area contributed by atoms with Crippen molar-refractivity contribution in [3.63, 3.8) is 0 Å². The van der Waals surface area contributed by atoms with Crippen LogP contribution in [0.4, 0.5) is 0 Å². The van der Waals surface area contributed by atoms with Gasteiger partial charge < -0.3 is 20.9 Å². The van der Waals surface area contributed by atoms with Crippen molar-refractivity contribution in [1.82, 2.24) is 15.1 Å². The Hall–Kier alpha value is -1.93. The Bertz CT molecular complexity index is 580. The molecule has 2 heterocycles. The number of nitrogens with two attached hydrogens (primary N) is 1. The van der Waals surface area contributed by atoms with Gasteiger partial charge in [-0.05, 0) is 17.4 Å². The first kappa shape index (κ1) is 18.4. The van der Waals surface area contributed by atoms with Crippen molar-refractivity contribution in [3.05, 3.63) is 22.4 Å². The number of hydrogen-bond donors (Lipinski definition) is 2. The van der Waals surface area contributed by atoms with Gasteiger partial charge in [0.25, 0.3) is 5.91 Å². The van der Waals surface area contributed by atoms with Crippen LogP contribution in [0.2, 0.25) is 0 Å². The van der Waals surface area contributed by atoms with E-state index in [0.717, 1.165) is 0 Å². The van der Waals surface area contributed by atoms with Crippen LogP contribution in [0.15, 0.2) is 16.8 Å². The predicted molar refractivity (Wildman–Crippen MR) is 92.6 cm³/mol. The number of carbonyl (C=O) groups is 3. The molecule has 0 saturated carbocycles. The molecule has 7 nitrogen and oxygen atoms in total. The predicted octanol–water partition coefficient (Wildman–Crippen LogP) is 0.132. The standard InChI is InChI=1S/C16H24N4O3S/c1-11(2)14(17)15(22)18-9-13(21)19-4-6-20(7-5-19)16(23)12-3-8-24-10-12/h3,8,10-11,14H,4-7,9,17H2,1-2H3,(H,18,22)/t14-/m0/s1. The van der Waals surface area contributed by atoms with Gasteiger partial charge in [0.15, 0.2) is 0 Å². The van der Waals surface area contributed by atoms with E-state index in [4.69, 9.17) is 5.73 Å². The molecule has 0 aromatic carbocycles.